The number of hydrazine groups is 1. The van der Waals surface area contributed by atoms with Gasteiger partial charge in [-0.25, -0.2) is 5.43 Å². The van der Waals surface area contributed by atoms with Crippen LogP contribution < -0.4 is 30.4 Å². The molecule has 3 N–H and O–H groups in total. The van der Waals surface area contributed by atoms with Crippen molar-refractivity contribution < 1.29 is 28.5 Å². The van der Waals surface area contributed by atoms with Gasteiger partial charge in [0.15, 0.2) is 11.5 Å². The van der Waals surface area contributed by atoms with Crippen molar-refractivity contribution in [2.45, 2.75) is 37.4 Å². The smallest absolute Gasteiger partial charge is 0.324 e. The van der Waals surface area contributed by atoms with Crippen LogP contribution in [0.1, 0.15) is 29.6 Å². The average Bonchev–Trinajstić information content (AvgIpc) is 3.14. The molecule has 1 saturated carbocycles. The minimum absolute atomic E-state index is 0.0544. The predicted octanol–water partition coefficient (Wildman–Crippen LogP) is 0.629. The Morgan fingerprint density at radius 2 is 1.75 bits per heavy atom. The van der Waals surface area contributed by atoms with Crippen LogP contribution in [0.25, 0.3) is 0 Å². The fraction of sp³-hybridized carbons (Fsp3) is 0.579. The molecule has 0 bridgehead atoms. The molecule has 2 fully saturated rings. The molecule has 2 aliphatic rings. The molecule has 1 aliphatic carbocycles. The molecule has 28 heavy (non-hydrogen) atoms. The SMILES string of the molecule is COC(=O)C1NNC2CCC(NC(=O)c3ccc(OC)c(OC)c3OC)CC21. The molecule has 0 aromatic heterocycles. The fourth-order valence-electron chi connectivity index (χ4n) is 4.09. The number of amides is 1. The summed E-state index contributed by atoms with van der Waals surface area (Å²) in [5.41, 5.74) is 6.54. The Labute approximate surface area is 164 Å². The zero-order chi connectivity index (χ0) is 20.3. The number of benzene rings is 1. The molecule has 1 aromatic carbocycles. The monoisotopic (exact) mass is 393 g/mol. The molecule has 1 heterocycles. The highest BCUT2D eigenvalue weighted by Crippen LogP contribution is 2.40. The Kier molecular flexibility index (Phi) is 6.25. The fourth-order valence-corrected chi connectivity index (χ4v) is 4.09. The number of hydrogen-bond acceptors (Lipinski definition) is 8. The second-order valence-corrected chi connectivity index (χ2v) is 6.93. The molecule has 9 heteroatoms. The number of hydrogen-bond donors (Lipinski definition) is 3. The summed E-state index contributed by atoms with van der Waals surface area (Å²) in [6, 6.07) is 3.04. The summed E-state index contributed by atoms with van der Waals surface area (Å²) in [4.78, 5) is 24.9. The lowest BCUT2D eigenvalue weighted by Gasteiger charge is -2.33. The number of carbonyl (C=O) groups excluding carboxylic acids is 2. The van der Waals surface area contributed by atoms with E-state index >= 15 is 0 Å². The van der Waals surface area contributed by atoms with E-state index < -0.39 is 6.04 Å². The molecule has 4 atom stereocenters. The van der Waals surface area contributed by atoms with Crippen molar-refractivity contribution in [1.82, 2.24) is 16.2 Å². The van der Waals surface area contributed by atoms with Gasteiger partial charge in [-0.15, -0.1) is 0 Å². The molecule has 4 unspecified atom stereocenters. The molecule has 1 aromatic rings. The van der Waals surface area contributed by atoms with Crippen LogP contribution in [0.15, 0.2) is 12.1 Å². The number of ether oxygens (including phenoxy) is 4. The standard InChI is InChI=1S/C19H27N3O6/c1-25-14-8-6-11(16(26-2)17(14)27-3)18(23)20-10-5-7-13-12(9-10)15(22-21-13)19(24)28-4/h6,8,10,12-13,15,21-22H,5,7,9H2,1-4H3,(H,20,23). The minimum Gasteiger partial charge on any atom is -0.493 e. The van der Waals surface area contributed by atoms with Crippen molar-refractivity contribution in [2.75, 3.05) is 28.4 Å². The highest BCUT2D eigenvalue weighted by molar-refractivity contribution is 5.98. The van der Waals surface area contributed by atoms with E-state index in [0.717, 1.165) is 12.8 Å². The predicted molar refractivity (Wildman–Crippen MR) is 101 cm³/mol. The lowest BCUT2D eigenvalue weighted by Crippen LogP contribution is -2.46. The third-order valence-electron chi connectivity index (χ3n) is 5.49. The molecular formula is C19H27N3O6. The van der Waals surface area contributed by atoms with Crippen LogP contribution in [-0.4, -0.2) is 58.4 Å². The molecule has 1 amide bonds. The van der Waals surface area contributed by atoms with Crippen LogP contribution >= 0.6 is 0 Å². The molecule has 3 rings (SSSR count). The van der Waals surface area contributed by atoms with Crippen molar-refractivity contribution in [3.8, 4) is 17.2 Å². The maximum Gasteiger partial charge on any atom is 0.324 e. The van der Waals surface area contributed by atoms with Crippen LogP contribution in [0.4, 0.5) is 0 Å². The van der Waals surface area contributed by atoms with Gasteiger partial charge < -0.3 is 24.3 Å². The van der Waals surface area contributed by atoms with Crippen molar-refractivity contribution in [1.29, 1.82) is 0 Å². The van der Waals surface area contributed by atoms with Crippen molar-refractivity contribution in [2.24, 2.45) is 5.92 Å². The van der Waals surface area contributed by atoms with Gasteiger partial charge in [-0.1, -0.05) is 0 Å². The Hall–Kier alpha value is -2.52. The summed E-state index contributed by atoms with van der Waals surface area (Å²) < 4.78 is 20.9. The van der Waals surface area contributed by atoms with Crippen molar-refractivity contribution in [3.05, 3.63) is 17.7 Å². The number of carbonyl (C=O) groups is 2. The first-order valence-electron chi connectivity index (χ1n) is 9.22. The second-order valence-electron chi connectivity index (χ2n) is 6.93. The summed E-state index contributed by atoms with van der Waals surface area (Å²) >= 11 is 0. The van der Waals surface area contributed by atoms with Crippen LogP contribution in [0, 0.1) is 5.92 Å². The first kappa shape index (κ1) is 20.2. The maximum atomic E-state index is 12.9. The zero-order valence-electron chi connectivity index (χ0n) is 16.5. The molecular weight excluding hydrogens is 366 g/mol. The van der Waals surface area contributed by atoms with E-state index in [1.807, 2.05) is 0 Å². The third kappa shape index (κ3) is 3.72. The van der Waals surface area contributed by atoms with E-state index in [-0.39, 0.29) is 29.9 Å². The lowest BCUT2D eigenvalue weighted by molar-refractivity contribution is -0.144. The van der Waals surface area contributed by atoms with Crippen molar-refractivity contribution >= 4 is 11.9 Å². The summed E-state index contributed by atoms with van der Waals surface area (Å²) in [5.74, 6) is 0.684. The van der Waals surface area contributed by atoms with Crippen LogP contribution in [0.3, 0.4) is 0 Å². The van der Waals surface area contributed by atoms with E-state index in [1.165, 1.54) is 28.4 Å². The Bertz CT molecular complexity index is 741. The zero-order valence-corrected chi connectivity index (χ0v) is 16.5. The van der Waals surface area contributed by atoms with Crippen molar-refractivity contribution in [3.63, 3.8) is 0 Å². The normalized spacial score (nSPS) is 26.1. The number of nitrogens with one attached hydrogen (secondary N) is 3. The summed E-state index contributed by atoms with van der Waals surface area (Å²) in [6.07, 6.45) is 2.33. The van der Waals surface area contributed by atoms with Gasteiger partial charge in [0, 0.05) is 18.0 Å². The Balaban J connectivity index is 1.74. The van der Waals surface area contributed by atoms with Crippen LogP contribution in [-0.2, 0) is 9.53 Å². The van der Waals surface area contributed by atoms with E-state index in [2.05, 4.69) is 16.2 Å². The van der Waals surface area contributed by atoms with E-state index in [4.69, 9.17) is 18.9 Å². The summed E-state index contributed by atoms with van der Waals surface area (Å²) in [6.45, 7) is 0. The molecule has 1 saturated heterocycles. The van der Waals surface area contributed by atoms with Crippen LogP contribution in [0.5, 0.6) is 17.2 Å². The van der Waals surface area contributed by atoms with Gasteiger partial charge in [0.1, 0.15) is 6.04 Å². The molecule has 0 radical (unpaired) electrons. The van der Waals surface area contributed by atoms with Gasteiger partial charge in [-0.2, -0.15) is 0 Å². The van der Waals surface area contributed by atoms with Gasteiger partial charge in [0.05, 0.1) is 34.0 Å². The second kappa shape index (κ2) is 8.66. The number of rotatable bonds is 6. The van der Waals surface area contributed by atoms with Gasteiger partial charge in [0.2, 0.25) is 5.75 Å². The molecule has 9 nitrogen and oxygen atoms in total. The molecule has 154 valence electrons. The molecule has 0 spiro atoms. The van der Waals surface area contributed by atoms with Crippen LogP contribution in [0.2, 0.25) is 0 Å². The minimum atomic E-state index is -0.412. The first-order valence-corrected chi connectivity index (χ1v) is 9.22. The lowest BCUT2D eigenvalue weighted by atomic mass is 9.79. The highest BCUT2D eigenvalue weighted by Gasteiger charge is 2.44. The molecule has 1 aliphatic heterocycles. The van der Waals surface area contributed by atoms with Gasteiger partial charge in [-0.05, 0) is 31.4 Å². The Morgan fingerprint density at radius 3 is 2.39 bits per heavy atom. The van der Waals surface area contributed by atoms with E-state index in [0.29, 0.717) is 29.2 Å². The quantitative estimate of drug-likeness (QED) is 0.604. The van der Waals surface area contributed by atoms with Gasteiger partial charge >= 0.3 is 5.97 Å². The van der Waals surface area contributed by atoms with E-state index in [1.54, 1.807) is 12.1 Å². The summed E-state index contributed by atoms with van der Waals surface area (Å²) in [7, 11) is 5.88. The largest absolute Gasteiger partial charge is 0.493 e. The maximum absolute atomic E-state index is 12.9. The number of esters is 1. The van der Waals surface area contributed by atoms with E-state index in [9.17, 15) is 9.59 Å². The van der Waals surface area contributed by atoms with Gasteiger partial charge in [-0.3, -0.25) is 15.0 Å². The number of fused-ring (bicyclic) bond motifs is 1. The topological polar surface area (TPSA) is 107 Å². The summed E-state index contributed by atoms with van der Waals surface area (Å²) in [5, 5.41) is 3.07. The third-order valence-corrected chi connectivity index (χ3v) is 5.49. The Morgan fingerprint density at radius 1 is 1.00 bits per heavy atom. The average molecular weight is 393 g/mol. The van der Waals surface area contributed by atoms with Gasteiger partial charge in [0.25, 0.3) is 5.91 Å². The first-order chi connectivity index (χ1) is 13.5. The number of methoxy groups -OCH3 is 4. The highest BCUT2D eigenvalue weighted by atomic mass is 16.5.